The van der Waals surface area contributed by atoms with Gasteiger partial charge in [0.1, 0.15) is 17.9 Å². The number of hydrogen-bond acceptors (Lipinski definition) is 5. The van der Waals surface area contributed by atoms with Crippen LogP contribution in [0, 0.1) is 5.82 Å². The minimum Gasteiger partial charge on any atom is -0.378 e. The lowest BCUT2D eigenvalue weighted by molar-refractivity contribution is -0.139. The number of hydrogen-bond donors (Lipinski definition) is 2. The van der Waals surface area contributed by atoms with E-state index >= 15 is 4.39 Å². The highest BCUT2D eigenvalue weighted by Crippen LogP contribution is 2.43. The van der Waals surface area contributed by atoms with Crippen LogP contribution >= 0.6 is 0 Å². The van der Waals surface area contributed by atoms with E-state index in [1.54, 1.807) is 6.07 Å². The van der Waals surface area contributed by atoms with Gasteiger partial charge in [-0.25, -0.2) is 13.2 Å². The minimum atomic E-state index is -4.95. The molecule has 1 aromatic heterocycles. The molecule has 41 heavy (non-hydrogen) atoms. The van der Waals surface area contributed by atoms with E-state index < -0.39 is 71.8 Å². The molecule has 0 radical (unpaired) electrons. The van der Waals surface area contributed by atoms with Gasteiger partial charge in [-0.15, -0.1) is 0 Å². The zero-order valence-electron chi connectivity index (χ0n) is 22.0. The molecule has 1 aromatic carbocycles. The van der Waals surface area contributed by atoms with E-state index in [1.165, 1.54) is 12.1 Å². The first kappa shape index (κ1) is 29.3. The first-order valence-electron chi connectivity index (χ1n) is 13.6. The van der Waals surface area contributed by atoms with Gasteiger partial charge in [-0.1, -0.05) is 6.07 Å². The smallest absolute Gasteiger partial charge is 0.378 e. The normalized spacial score (nSPS) is 22.1. The fourth-order valence-corrected chi connectivity index (χ4v) is 5.41. The molecule has 2 amide bonds. The molecule has 2 saturated carbocycles. The van der Waals surface area contributed by atoms with Crippen LogP contribution in [0.4, 0.5) is 32.0 Å². The van der Waals surface area contributed by atoms with E-state index in [2.05, 4.69) is 15.6 Å². The van der Waals surface area contributed by atoms with Crippen LogP contribution in [0.5, 0.6) is 0 Å². The average molecular weight is 585 g/mol. The Kier molecular flexibility index (Phi) is 8.29. The van der Waals surface area contributed by atoms with E-state index in [1.807, 2.05) is 0 Å². The Morgan fingerprint density at radius 1 is 1.12 bits per heavy atom. The highest BCUT2D eigenvalue weighted by Gasteiger charge is 2.45. The van der Waals surface area contributed by atoms with E-state index in [0.29, 0.717) is 11.6 Å². The summed E-state index contributed by atoms with van der Waals surface area (Å²) in [4.78, 5) is 32.4. The molecule has 3 aliphatic rings. The van der Waals surface area contributed by atoms with Crippen molar-refractivity contribution < 1.29 is 40.7 Å². The van der Waals surface area contributed by atoms with Gasteiger partial charge in [0.15, 0.2) is 0 Å². The Labute approximate surface area is 232 Å². The third kappa shape index (κ3) is 6.66. The van der Waals surface area contributed by atoms with Crippen molar-refractivity contribution in [3.63, 3.8) is 0 Å². The summed E-state index contributed by atoms with van der Waals surface area (Å²) >= 11 is 0. The molecule has 0 bridgehead atoms. The molecule has 1 saturated heterocycles. The van der Waals surface area contributed by atoms with Gasteiger partial charge in [0.2, 0.25) is 17.7 Å². The predicted molar refractivity (Wildman–Crippen MR) is 136 cm³/mol. The molecule has 1 aliphatic heterocycles. The summed E-state index contributed by atoms with van der Waals surface area (Å²) in [6.07, 6.45) is -2.73. The molecule has 13 heteroatoms. The molecule has 2 N–H and O–H groups in total. The van der Waals surface area contributed by atoms with Crippen molar-refractivity contribution in [2.75, 3.05) is 24.7 Å². The number of alkyl halides is 5. The second kappa shape index (κ2) is 11.6. The maximum Gasteiger partial charge on any atom is 0.416 e. The van der Waals surface area contributed by atoms with E-state index in [-0.39, 0.29) is 44.2 Å². The fraction of sp³-hybridized carbons (Fsp3) is 0.536. The lowest BCUT2D eigenvalue weighted by atomic mass is 9.91. The molecule has 7 nitrogen and oxygen atoms in total. The quantitative estimate of drug-likeness (QED) is 0.454. The number of carbonyl (C=O) groups is 2. The van der Waals surface area contributed by atoms with E-state index in [9.17, 15) is 31.5 Å². The summed E-state index contributed by atoms with van der Waals surface area (Å²) < 4.78 is 91.3. The van der Waals surface area contributed by atoms with Crippen molar-refractivity contribution in [1.82, 2.24) is 15.6 Å². The van der Waals surface area contributed by atoms with Crippen LogP contribution in [0.1, 0.15) is 67.2 Å². The van der Waals surface area contributed by atoms with Gasteiger partial charge in [-0.2, -0.15) is 13.2 Å². The summed E-state index contributed by atoms with van der Waals surface area (Å²) in [7, 11) is 0. The molecule has 1 unspecified atom stereocenters. The van der Waals surface area contributed by atoms with Crippen molar-refractivity contribution in [3.05, 3.63) is 59.2 Å². The number of ether oxygens (including phenoxy) is 1. The molecular weight excluding hydrogens is 554 g/mol. The number of pyridine rings is 1. The maximum atomic E-state index is 15.7. The van der Waals surface area contributed by atoms with Crippen LogP contribution in [-0.2, 0) is 20.5 Å². The van der Waals surface area contributed by atoms with Gasteiger partial charge < -0.3 is 15.4 Å². The fourth-order valence-electron chi connectivity index (χ4n) is 5.41. The van der Waals surface area contributed by atoms with Gasteiger partial charge >= 0.3 is 6.18 Å². The molecule has 5 rings (SSSR count). The second-order valence-electron chi connectivity index (χ2n) is 10.8. The largest absolute Gasteiger partial charge is 0.416 e. The number of amides is 2. The second-order valence-corrected chi connectivity index (χ2v) is 10.8. The molecular formula is C28H30F6N4O3. The van der Waals surface area contributed by atoms with Crippen LogP contribution < -0.4 is 15.5 Å². The van der Waals surface area contributed by atoms with Crippen LogP contribution in [-0.4, -0.2) is 54.6 Å². The molecule has 222 valence electrons. The lowest BCUT2D eigenvalue weighted by Crippen LogP contribution is -2.56. The maximum absolute atomic E-state index is 15.7. The minimum absolute atomic E-state index is 0.110. The Hall–Kier alpha value is -3.19. The number of benzene rings is 1. The molecule has 3 fully saturated rings. The molecule has 2 aliphatic carbocycles. The topological polar surface area (TPSA) is 83.6 Å². The molecule has 2 heterocycles. The number of carbonyl (C=O) groups excluding carboxylic acids is 2. The number of aromatic nitrogens is 1. The summed E-state index contributed by atoms with van der Waals surface area (Å²) in [5.41, 5.74) is -1.61. The first-order chi connectivity index (χ1) is 19.4. The third-order valence-corrected chi connectivity index (χ3v) is 7.76. The summed E-state index contributed by atoms with van der Waals surface area (Å²) in [5, 5.41) is 5.48. The number of rotatable bonds is 7. The monoisotopic (exact) mass is 584 g/mol. The van der Waals surface area contributed by atoms with Crippen LogP contribution in [0.2, 0.25) is 0 Å². The Morgan fingerprint density at radius 3 is 2.46 bits per heavy atom. The van der Waals surface area contributed by atoms with E-state index in [0.717, 1.165) is 30.1 Å². The Bertz CT molecular complexity index is 1270. The van der Waals surface area contributed by atoms with Gasteiger partial charge in [-0.3, -0.25) is 19.5 Å². The predicted octanol–water partition coefficient (Wildman–Crippen LogP) is 4.87. The van der Waals surface area contributed by atoms with Gasteiger partial charge in [-0.05, 0) is 55.4 Å². The standard InChI is InChI=1S/C28H30F6N4O3/c29-21-13-17(16-1-2-16)3-4-23(21)38(26(40)22-15-41-12-11-36-22)24(19-14-35-10-7-20(19)28(32,33)34)25(39)37-18-5-8-27(30,31)9-6-18/h3-4,7,10,13-14,16,18,22,24,36H,1-2,5-6,8-9,11-12,15H2,(H,37,39)/t22-,24?/m1/s1. The lowest BCUT2D eigenvalue weighted by Gasteiger charge is -2.37. The first-order valence-corrected chi connectivity index (χ1v) is 13.6. The number of anilines is 1. The zero-order chi connectivity index (χ0) is 29.4. The average Bonchev–Trinajstić information content (AvgIpc) is 3.79. The highest BCUT2D eigenvalue weighted by atomic mass is 19.4. The van der Waals surface area contributed by atoms with Gasteiger partial charge in [0, 0.05) is 43.4 Å². The number of halogens is 6. The Morgan fingerprint density at radius 2 is 1.85 bits per heavy atom. The zero-order valence-corrected chi connectivity index (χ0v) is 22.0. The van der Waals surface area contributed by atoms with Crippen LogP contribution in [0.15, 0.2) is 36.7 Å². The third-order valence-electron chi connectivity index (χ3n) is 7.76. The molecule has 0 spiro atoms. The summed E-state index contributed by atoms with van der Waals surface area (Å²) in [5.74, 6) is -5.58. The Balaban J connectivity index is 1.61. The summed E-state index contributed by atoms with van der Waals surface area (Å²) in [6.45, 7) is 0.384. The highest BCUT2D eigenvalue weighted by molar-refractivity contribution is 6.04. The van der Waals surface area contributed by atoms with Crippen molar-refractivity contribution in [2.24, 2.45) is 0 Å². The van der Waals surface area contributed by atoms with Crippen LogP contribution in [0.25, 0.3) is 0 Å². The van der Waals surface area contributed by atoms with Crippen molar-refractivity contribution in [2.45, 2.75) is 74.7 Å². The number of nitrogens with one attached hydrogen (secondary N) is 2. The van der Waals surface area contributed by atoms with Crippen molar-refractivity contribution >= 4 is 17.5 Å². The van der Waals surface area contributed by atoms with E-state index in [4.69, 9.17) is 4.74 Å². The van der Waals surface area contributed by atoms with Crippen LogP contribution in [0.3, 0.4) is 0 Å². The van der Waals surface area contributed by atoms with Gasteiger partial charge in [0.05, 0.1) is 24.5 Å². The van der Waals surface area contributed by atoms with Gasteiger partial charge in [0.25, 0.3) is 0 Å². The molecule has 2 atom stereocenters. The summed E-state index contributed by atoms with van der Waals surface area (Å²) in [6, 6.07) is 0.910. The number of morpholine rings is 1. The van der Waals surface area contributed by atoms with Crippen molar-refractivity contribution in [1.29, 1.82) is 0 Å². The SMILES string of the molecule is O=C(NC1CCC(F)(F)CC1)C(c1cnccc1C(F)(F)F)N(C(=O)[C@H]1COCCN1)c1ccc(C2CC2)cc1F. The van der Waals surface area contributed by atoms with Crippen molar-refractivity contribution in [3.8, 4) is 0 Å². The molecule has 2 aromatic rings. The number of nitrogens with zero attached hydrogens (tertiary/aromatic N) is 2.